The number of nitrogens with zero attached hydrogens (tertiary/aromatic N) is 4. The largest absolute Gasteiger partial charge is 0.355 e. The van der Waals surface area contributed by atoms with Crippen LogP contribution in [0.4, 0.5) is 5.82 Å². The van der Waals surface area contributed by atoms with Crippen molar-refractivity contribution in [3.63, 3.8) is 0 Å². The number of hydrogen-bond donors (Lipinski definition) is 1. The van der Waals surface area contributed by atoms with E-state index in [1.54, 1.807) is 18.3 Å². The quantitative estimate of drug-likeness (QED) is 0.878. The zero-order valence-corrected chi connectivity index (χ0v) is 15.5. The summed E-state index contributed by atoms with van der Waals surface area (Å²) in [6.07, 6.45) is 8.97. The first-order valence-corrected chi connectivity index (χ1v) is 10.6. The van der Waals surface area contributed by atoms with E-state index in [1.807, 2.05) is 0 Å². The number of aromatic nitrogens is 3. The highest BCUT2D eigenvalue weighted by atomic mass is 32.2. The Morgan fingerprint density at radius 3 is 2.69 bits per heavy atom. The minimum absolute atomic E-state index is 0.0676. The molecule has 1 saturated heterocycles. The van der Waals surface area contributed by atoms with E-state index in [4.69, 9.17) is 0 Å². The minimum atomic E-state index is -3.51. The highest BCUT2D eigenvalue weighted by Gasteiger charge is 2.26. The molecule has 0 radical (unpaired) electrons. The number of pyridine rings is 1. The van der Waals surface area contributed by atoms with E-state index >= 15 is 0 Å². The molecule has 1 aliphatic heterocycles. The maximum Gasteiger partial charge on any atom is 0.242 e. The molecule has 8 heteroatoms. The van der Waals surface area contributed by atoms with Gasteiger partial charge in [-0.1, -0.05) is 0 Å². The fourth-order valence-electron chi connectivity index (χ4n) is 3.65. The fraction of sp³-hybridized carbons (Fsp3) is 0.500. The van der Waals surface area contributed by atoms with Gasteiger partial charge in [-0.05, 0) is 62.3 Å². The number of piperidine rings is 1. The van der Waals surface area contributed by atoms with Gasteiger partial charge in [-0.3, -0.25) is 4.98 Å². The first-order chi connectivity index (χ1) is 12.6. The molecule has 0 aromatic carbocycles. The van der Waals surface area contributed by atoms with Gasteiger partial charge in [0.15, 0.2) is 5.82 Å². The van der Waals surface area contributed by atoms with Gasteiger partial charge in [-0.15, -0.1) is 5.10 Å². The van der Waals surface area contributed by atoms with Gasteiger partial charge < -0.3 is 4.90 Å². The lowest BCUT2D eigenvalue weighted by molar-refractivity contribution is 0.457. The number of fused-ring (bicyclic) bond motifs is 1. The van der Waals surface area contributed by atoms with E-state index in [-0.39, 0.29) is 10.9 Å². The third kappa shape index (κ3) is 3.71. The Morgan fingerprint density at radius 1 is 1.12 bits per heavy atom. The summed E-state index contributed by atoms with van der Waals surface area (Å²) in [6.45, 7) is 1.54. The van der Waals surface area contributed by atoms with Gasteiger partial charge in [0.1, 0.15) is 4.90 Å². The van der Waals surface area contributed by atoms with E-state index < -0.39 is 10.0 Å². The molecule has 0 atom stereocenters. The lowest BCUT2D eigenvalue weighted by Gasteiger charge is -2.33. The third-order valence-corrected chi connectivity index (χ3v) is 6.65. The highest BCUT2D eigenvalue weighted by Crippen LogP contribution is 2.24. The van der Waals surface area contributed by atoms with Gasteiger partial charge in [0.2, 0.25) is 10.0 Å². The van der Waals surface area contributed by atoms with Crippen LogP contribution in [0.5, 0.6) is 0 Å². The lowest BCUT2D eigenvalue weighted by atomic mass is 9.96. The van der Waals surface area contributed by atoms with E-state index in [9.17, 15) is 8.42 Å². The molecule has 7 nitrogen and oxygen atoms in total. The molecule has 2 aromatic rings. The average molecular weight is 373 g/mol. The molecule has 0 saturated carbocycles. The Labute approximate surface area is 153 Å². The summed E-state index contributed by atoms with van der Waals surface area (Å²) in [7, 11) is -3.51. The maximum atomic E-state index is 12.4. The third-order valence-electron chi connectivity index (χ3n) is 5.14. The van der Waals surface area contributed by atoms with Crippen LogP contribution in [0.3, 0.4) is 0 Å². The highest BCUT2D eigenvalue weighted by molar-refractivity contribution is 7.89. The molecule has 2 aliphatic rings. The number of sulfonamides is 1. The molecule has 26 heavy (non-hydrogen) atoms. The normalized spacial score (nSPS) is 18.5. The average Bonchev–Trinajstić information content (AvgIpc) is 2.69. The summed E-state index contributed by atoms with van der Waals surface area (Å²) in [5.41, 5.74) is 2.46. The monoisotopic (exact) mass is 373 g/mol. The van der Waals surface area contributed by atoms with Gasteiger partial charge in [0.25, 0.3) is 0 Å². The van der Waals surface area contributed by atoms with Crippen molar-refractivity contribution in [1.29, 1.82) is 0 Å². The van der Waals surface area contributed by atoms with Crippen LogP contribution in [0.15, 0.2) is 35.5 Å². The first kappa shape index (κ1) is 17.4. The second-order valence-corrected chi connectivity index (χ2v) is 8.67. The summed E-state index contributed by atoms with van der Waals surface area (Å²) in [5.74, 6) is 0.916. The second kappa shape index (κ2) is 7.28. The fourth-order valence-corrected chi connectivity index (χ4v) is 4.92. The zero-order valence-electron chi connectivity index (χ0n) is 14.6. The van der Waals surface area contributed by atoms with E-state index in [2.05, 4.69) is 30.9 Å². The van der Waals surface area contributed by atoms with Crippen molar-refractivity contribution in [2.24, 2.45) is 0 Å². The van der Waals surface area contributed by atoms with Crippen LogP contribution in [0.25, 0.3) is 0 Å². The van der Waals surface area contributed by atoms with Crippen molar-refractivity contribution in [3.05, 3.63) is 41.9 Å². The van der Waals surface area contributed by atoms with Gasteiger partial charge in [0, 0.05) is 31.5 Å². The molecule has 1 N–H and O–H groups in total. The Kier molecular flexibility index (Phi) is 4.86. The topological polar surface area (TPSA) is 88.1 Å². The molecule has 4 rings (SSSR count). The van der Waals surface area contributed by atoms with E-state index in [0.717, 1.165) is 50.3 Å². The van der Waals surface area contributed by atoms with Crippen molar-refractivity contribution in [1.82, 2.24) is 19.9 Å². The Hall–Kier alpha value is -2.06. The maximum absolute atomic E-state index is 12.4. The molecule has 2 aromatic heterocycles. The summed E-state index contributed by atoms with van der Waals surface area (Å²) in [6, 6.07) is 5.29. The standard InChI is InChI=1S/C18H23N5O2S/c24-26(25,16-5-3-9-19-13-16)22-15-7-10-23(11-8-15)18-12-14-4-1-2-6-17(14)20-21-18/h3,5,9,12-13,15,22H,1-2,4,6-8,10-11H2. The summed E-state index contributed by atoms with van der Waals surface area (Å²) in [4.78, 5) is 6.30. The molecule has 0 spiro atoms. The van der Waals surface area contributed by atoms with Crippen LogP contribution in [0.1, 0.15) is 36.9 Å². The zero-order chi connectivity index (χ0) is 18.0. The van der Waals surface area contributed by atoms with Gasteiger partial charge in [0.05, 0.1) is 5.69 Å². The molecule has 3 heterocycles. The molecular weight excluding hydrogens is 350 g/mol. The van der Waals surface area contributed by atoms with Gasteiger partial charge >= 0.3 is 0 Å². The molecule has 1 aliphatic carbocycles. The van der Waals surface area contributed by atoms with Crippen LogP contribution in [0.2, 0.25) is 0 Å². The van der Waals surface area contributed by atoms with E-state index in [1.165, 1.54) is 24.6 Å². The molecule has 0 amide bonds. The van der Waals surface area contributed by atoms with Gasteiger partial charge in [-0.25, -0.2) is 13.1 Å². The first-order valence-electron chi connectivity index (χ1n) is 9.14. The number of rotatable bonds is 4. The smallest absolute Gasteiger partial charge is 0.242 e. The van der Waals surface area contributed by atoms with Crippen LogP contribution in [-0.4, -0.2) is 42.7 Å². The SMILES string of the molecule is O=S(=O)(NC1CCN(c2cc3c(nn2)CCCC3)CC1)c1cccnc1. The molecule has 138 valence electrons. The molecule has 1 fully saturated rings. The van der Waals surface area contributed by atoms with Crippen molar-refractivity contribution in [2.45, 2.75) is 49.5 Å². The number of nitrogens with one attached hydrogen (secondary N) is 1. The number of hydrogen-bond acceptors (Lipinski definition) is 6. The summed E-state index contributed by atoms with van der Waals surface area (Å²) < 4.78 is 27.7. The summed E-state index contributed by atoms with van der Waals surface area (Å²) >= 11 is 0. The molecular formula is C18H23N5O2S. The Bertz CT molecular complexity index is 864. The molecule has 0 unspecified atom stereocenters. The van der Waals surface area contributed by atoms with Crippen LogP contribution in [-0.2, 0) is 22.9 Å². The van der Waals surface area contributed by atoms with Crippen LogP contribution in [0, 0.1) is 0 Å². The van der Waals surface area contributed by atoms with Crippen molar-refractivity contribution >= 4 is 15.8 Å². The predicted octanol–water partition coefficient (Wildman–Crippen LogP) is 1.70. The van der Waals surface area contributed by atoms with Crippen molar-refractivity contribution < 1.29 is 8.42 Å². The number of aryl methyl sites for hydroxylation is 2. The van der Waals surface area contributed by atoms with Crippen molar-refractivity contribution in [3.8, 4) is 0 Å². The number of anilines is 1. The van der Waals surface area contributed by atoms with E-state index in [0.29, 0.717) is 0 Å². The molecule has 0 bridgehead atoms. The van der Waals surface area contributed by atoms with Crippen LogP contribution >= 0.6 is 0 Å². The summed E-state index contributed by atoms with van der Waals surface area (Å²) in [5, 5.41) is 8.79. The Morgan fingerprint density at radius 2 is 1.92 bits per heavy atom. The second-order valence-electron chi connectivity index (χ2n) is 6.95. The van der Waals surface area contributed by atoms with Crippen molar-refractivity contribution in [2.75, 3.05) is 18.0 Å². The van der Waals surface area contributed by atoms with Gasteiger partial charge in [-0.2, -0.15) is 5.10 Å². The Balaban J connectivity index is 1.38. The predicted molar refractivity (Wildman–Crippen MR) is 98.5 cm³/mol. The minimum Gasteiger partial charge on any atom is -0.355 e. The lowest BCUT2D eigenvalue weighted by Crippen LogP contribution is -2.45. The van der Waals surface area contributed by atoms with Crippen LogP contribution < -0.4 is 9.62 Å².